The molecule has 0 saturated heterocycles. The Kier molecular flexibility index (Phi) is 3.37. The quantitative estimate of drug-likeness (QED) is 0.495. The lowest BCUT2D eigenvalue weighted by atomic mass is 9.92. The topological polar surface area (TPSA) is 68.1 Å². The highest BCUT2D eigenvalue weighted by molar-refractivity contribution is 5.41. The lowest BCUT2D eigenvalue weighted by Gasteiger charge is -2.24. The summed E-state index contributed by atoms with van der Waals surface area (Å²) in [6.07, 6.45) is 5.58. The van der Waals surface area contributed by atoms with Crippen LogP contribution in [0.1, 0.15) is 25.7 Å². The third-order valence-electron chi connectivity index (χ3n) is 2.93. The molecular formula is C12H15N3O2. The van der Waals surface area contributed by atoms with Gasteiger partial charge in [-0.2, -0.15) is 0 Å². The second-order valence-electron chi connectivity index (χ2n) is 4.35. The maximum atomic E-state index is 10.5. The first kappa shape index (κ1) is 11.6. The molecule has 0 aliphatic heterocycles. The number of pyridine rings is 1. The van der Waals surface area contributed by atoms with E-state index in [1.165, 1.54) is 17.8 Å². The van der Waals surface area contributed by atoms with Gasteiger partial charge in [0.25, 0.3) is 5.69 Å². The van der Waals surface area contributed by atoms with Crippen molar-refractivity contribution in [3.63, 3.8) is 0 Å². The van der Waals surface area contributed by atoms with E-state index in [4.69, 9.17) is 0 Å². The van der Waals surface area contributed by atoms with Gasteiger partial charge in [-0.25, -0.2) is 4.98 Å². The van der Waals surface area contributed by atoms with Crippen LogP contribution in [0.5, 0.6) is 0 Å². The van der Waals surface area contributed by atoms with Crippen LogP contribution in [-0.2, 0) is 0 Å². The summed E-state index contributed by atoms with van der Waals surface area (Å²) in [5.74, 6) is 0.690. The van der Waals surface area contributed by atoms with Crippen molar-refractivity contribution in [1.82, 2.24) is 4.98 Å². The Morgan fingerprint density at radius 3 is 2.94 bits per heavy atom. The molecule has 1 aliphatic rings. The molecule has 1 aromatic heterocycles. The number of hydrogen-bond acceptors (Lipinski definition) is 4. The first-order chi connectivity index (χ1) is 8.15. The molecule has 0 bridgehead atoms. The SMILES string of the molecule is C=C1CCCC(Nc2ccc([N+](=O)[O-])cn2)C1. The number of rotatable bonds is 3. The van der Waals surface area contributed by atoms with Crippen molar-refractivity contribution in [2.75, 3.05) is 5.32 Å². The van der Waals surface area contributed by atoms with Gasteiger partial charge in [-0.05, 0) is 31.7 Å². The lowest BCUT2D eigenvalue weighted by molar-refractivity contribution is -0.385. The molecule has 0 spiro atoms. The summed E-state index contributed by atoms with van der Waals surface area (Å²) in [6, 6.07) is 3.47. The molecule has 5 nitrogen and oxygen atoms in total. The van der Waals surface area contributed by atoms with Crippen molar-refractivity contribution in [3.8, 4) is 0 Å². The highest BCUT2D eigenvalue weighted by Crippen LogP contribution is 2.24. The minimum Gasteiger partial charge on any atom is -0.367 e. The van der Waals surface area contributed by atoms with E-state index in [-0.39, 0.29) is 5.69 Å². The molecule has 2 rings (SSSR count). The zero-order valence-electron chi connectivity index (χ0n) is 9.56. The highest BCUT2D eigenvalue weighted by atomic mass is 16.6. The average molecular weight is 233 g/mol. The molecule has 5 heteroatoms. The fourth-order valence-electron chi connectivity index (χ4n) is 2.06. The molecule has 1 saturated carbocycles. The van der Waals surface area contributed by atoms with Gasteiger partial charge in [0.1, 0.15) is 12.0 Å². The zero-order valence-corrected chi connectivity index (χ0v) is 9.56. The predicted molar refractivity (Wildman–Crippen MR) is 65.9 cm³/mol. The molecule has 1 atom stereocenters. The molecule has 1 unspecified atom stereocenters. The van der Waals surface area contributed by atoms with Crippen molar-refractivity contribution in [3.05, 3.63) is 40.6 Å². The Morgan fingerprint density at radius 1 is 1.53 bits per heavy atom. The van der Waals surface area contributed by atoms with Crippen molar-refractivity contribution < 1.29 is 4.92 Å². The van der Waals surface area contributed by atoms with E-state index in [9.17, 15) is 10.1 Å². The van der Waals surface area contributed by atoms with E-state index >= 15 is 0 Å². The van der Waals surface area contributed by atoms with Crippen LogP contribution in [0.3, 0.4) is 0 Å². The van der Waals surface area contributed by atoms with Crippen LogP contribution in [0, 0.1) is 10.1 Å². The van der Waals surface area contributed by atoms with Crippen molar-refractivity contribution in [1.29, 1.82) is 0 Å². The summed E-state index contributed by atoms with van der Waals surface area (Å²) in [5.41, 5.74) is 1.28. The van der Waals surface area contributed by atoms with E-state index in [2.05, 4.69) is 16.9 Å². The van der Waals surface area contributed by atoms with Gasteiger partial charge in [0.2, 0.25) is 0 Å². The summed E-state index contributed by atoms with van der Waals surface area (Å²) in [6.45, 7) is 3.99. The predicted octanol–water partition coefficient (Wildman–Crippen LogP) is 2.90. The van der Waals surface area contributed by atoms with E-state index in [0.717, 1.165) is 25.7 Å². The monoisotopic (exact) mass is 233 g/mol. The van der Waals surface area contributed by atoms with Gasteiger partial charge in [0, 0.05) is 12.1 Å². The fraction of sp³-hybridized carbons (Fsp3) is 0.417. The first-order valence-electron chi connectivity index (χ1n) is 5.69. The molecule has 0 radical (unpaired) electrons. The minimum absolute atomic E-state index is 0.0172. The van der Waals surface area contributed by atoms with E-state index in [1.807, 2.05) is 0 Å². The van der Waals surface area contributed by atoms with Crippen molar-refractivity contribution in [2.24, 2.45) is 0 Å². The Bertz CT molecular complexity index is 428. The standard InChI is InChI=1S/C12H15N3O2/c1-9-3-2-4-10(7-9)14-12-6-5-11(8-13-12)15(16)17/h5-6,8,10H,1-4,7H2,(H,13,14). The molecule has 1 heterocycles. The summed E-state index contributed by atoms with van der Waals surface area (Å²) in [4.78, 5) is 14.1. The Hall–Kier alpha value is -1.91. The first-order valence-corrected chi connectivity index (χ1v) is 5.69. The molecule has 0 aromatic carbocycles. The minimum atomic E-state index is -0.445. The summed E-state index contributed by atoms with van der Waals surface area (Å²) in [7, 11) is 0. The van der Waals surface area contributed by atoms with Gasteiger partial charge in [0.05, 0.1) is 4.92 Å². The van der Waals surface area contributed by atoms with Crippen molar-refractivity contribution in [2.45, 2.75) is 31.7 Å². The second-order valence-corrected chi connectivity index (χ2v) is 4.35. The van der Waals surface area contributed by atoms with Gasteiger partial charge < -0.3 is 5.32 Å². The van der Waals surface area contributed by atoms with E-state index in [1.54, 1.807) is 6.07 Å². The molecule has 1 aliphatic carbocycles. The Balaban J connectivity index is 1.98. The van der Waals surface area contributed by atoms with Gasteiger partial charge in [0.15, 0.2) is 0 Å². The molecule has 0 amide bonds. The molecule has 17 heavy (non-hydrogen) atoms. The second kappa shape index (κ2) is 4.95. The molecular weight excluding hydrogens is 218 g/mol. The highest BCUT2D eigenvalue weighted by Gasteiger charge is 2.16. The maximum absolute atomic E-state index is 10.5. The lowest BCUT2D eigenvalue weighted by Crippen LogP contribution is -2.23. The van der Waals surface area contributed by atoms with Crippen molar-refractivity contribution >= 4 is 11.5 Å². The molecule has 90 valence electrons. The number of nitrogens with one attached hydrogen (secondary N) is 1. The van der Waals surface area contributed by atoms with E-state index in [0.29, 0.717) is 11.9 Å². The Labute approximate surface area is 99.7 Å². The van der Waals surface area contributed by atoms with Gasteiger partial charge >= 0.3 is 0 Å². The Morgan fingerprint density at radius 2 is 2.35 bits per heavy atom. The summed E-state index contributed by atoms with van der Waals surface area (Å²) >= 11 is 0. The number of hydrogen-bond donors (Lipinski definition) is 1. The largest absolute Gasteiger partial charge is 0.367 e. The van der Waals surface area contributed by atoms with Crippen LogP contribution in [0.25, 0.3) is 0 Å². The van der Waals surface area contributed by atoms with Gasteiger partial charge in [-0.1, -0.05) is 12.2 Å². The number of nitro groups is 1. The van der Waals surface area contributed by atoms with Crippen LogP contribution < -0.4 is 5.32 Å². The van der Waals surface area contributed by atoms with Crippen LogP contribution in [0.15, 0.2) is 30.5 Å². The van der Waals surface area contributed by atoms with E-state index < -0.39 is 4.92 Å². The fourth-order valence-corrected chi connectivity index (χ4v) is 2.06. The molecule has 1 fully saturated rings. The number of nitrogens with zero attached hydrogens (tertiary/aromatic N) is 2. The third-order valence-corrected chi connectivity index (χ3v) is 2.93. The average Bonchev–Trinajstić information content (AvgIpc) is 2.29. The number of anilines is 1. The van der Waals surface area contributed by atoms with Crippen LogP contribution in [0.4, 0.5) is 11.5 Å². The normalized spacial score (nSPS) is 20.0. The maximum Gasteiger partial charge on any atom is 0.287 e. The third kappa shape index (κ3) is 3.03. The summed E-state index contributed by atoms with van der Waals surface area (Å²) < 4.78 is 0. The van der Waals surface area contributed by atoms with Gasteiger partial charge in [-0.3, -0.25) is 10.1 Å². The zero-order chi connectivity index (χ0) is 12.3. The van der Waals surface area contributed by atoms with Crippen LogP contribution in [-0.4, -0.2) is 15.9 Å². The van der Waals surface area contributed by atoms with Crippen LogP contribution >= 0.6 is 0 Å². The number of aromatic nitrogens is 1. The summed E-state index contributed by atoms with van der Waals surface area (Å²) in [5, 5.41) is 13.8. The molecule has 1 aromatic rings. The smallest absolute Gasteiger partial charge is 0.287 e. The molecule has 1 N–H and O–H groups in total. The van der Waals surface area contributed by atoms with Gasteiger partial charge in [-0.15, -0.1) is 0 Å². The van der Waals surface area contributed by atoms with Crippen LogP contribution in [0.2, 0.25) is 0 Å².